The van der Waals surface area contributed by atoms with Crippen molar-refractivity contribution in [2.75, 3.05) is 5.32 Å². The average Bonchev–Trinajstić information content (AvgIpc) is 2.72. The molecule has 2 N–H and O–H groups in total. The number of rotatable bonds is 7. The van der Waals surface area contributed by atoms with Gasteiger partial charge in [0.15, 0.2) is 0 Å². The Morgan fingerprint density at radius 2 is 1.51 bits per heavy atom. The van der Waals surface area contributed by atoms with E-state index < -0.39 is 47.1 Å². The number of amides is 1. The maximum absolute atomic E-state index is 13.7. The van der Waals surface area contributed by atoms with Crippen LogP contribution in [-0.4, -0.2) is 23.2 Å². The van der Waals surface area contributed by atoms with Gasteiger partial charge in [-0.1, -0.05) is 76.0 Å². The van der Waals surface area contributed by atoms with E-state index in [1.807, 2.05) is 20.8 Å². The first-order valence-corrected chi connectivity index (χ1v) is 11.9. The van der Waals surface area contributed by atoms with Crippen molar-refractivity contribution in [2.24, 2.45) is 17.3 Å². The average molecular weight is 532 g/mol. The van der Waals surface area contributed by atoms with Gasteiger partial charge >= 0.3 is 12.1 Å². The minimum absolute atomic E-state index is 0.143. The Hall–Kier alpha value is -2.25. The Morgan fingerprint density at radius 3 is 1.97 bits per heavy atom. The Balaban J connectivity index is 2.58. The number of hydrogen-bond acceptors (Lipinski definition) is 2. The summed E-state index contributed by atoms with van der Waals surface area (Å²) in [6.07, 6.45) is -4.63. The number of carbonyl (C=O) groups excluding carboxylic acids is 1. The third-order valence-corrected chi connectivity index (χ3v) is 6.96. The molecule has 2 aromatic carbocycles. The molecule has 0 aliphatic heterocycles. The van der Waals surface area contributed by atoms with Gasteiger partial charge in [0.25, 0.3) is 0 Å². The fraction of sp³-hybridized carbons (Fsp3) is 0.462. The molecule has 2 aromatic rings. The summed E-state index contributed by atoms with van der Waals surface area (Å²) in [6, 6.07) is 8.88. The van der Waals surface area contributed by atoms with Crippen LogP contribution in [0, 0.1) is 24.2 Å². The van der Waals surface area contributed by atoms with Crippen LogP contribution in [-0.2, 0) is 9.59 Å². The zero-order valence-electron chi connectivity index (χ0n) is 20.4. The number of aliphatic carboxylic acids is 1. The second-order valence-corrected chi connectivity index (χ2v) is 10.8. The number of halogens is 5. The molecule has 35 heavy (non-hydrogen) atoms. The minimum atomic E-state index is -4.63. The van der Waals surface area contributed by atoms with Gasteiger partial charge in [-0.05, 0) is 47.2 Å². The monoisotopic (exact) mass is 531 g/mol. The number of benzene rings is 2. The van der Waals surface area contributed by atoms with Crippen molar-refractivity contribution in [1.29, 1.82) is 0 Å². The molecule has 0 radical (unpaired) electrons. The molecular weight excluding hydrogens is 502 g/mol. The maximum Gasteiger partial charge on any atom is 0.392 e. The molecule has 192 valence electrons. The molecule has 0 aromatic heterocycles. The number of carboxylic acids is 1. The SMILES string of the molecule is Cc1c(C([C@H](C)C(=O)O)C(C)(C)C)ccc(Cl)c1NC(=O)[C@H](c1ccc(Cl)cc1)[C@@H](C)C(F)(F)F. The summed E-state index contributed by atoms with van der Waals surface area (Å²) < 4.78 is 41.1. The van der Waals surface area contributed by atoms with E-state index in [4.69, 9.17) is 23.2 Å². The van der Waals surface area contributed by atoms with Crippen LogP contribution < -0.4 is 5.32 Å². The largest absolute Gasteiger partial charge is 0.481 e. The van der Waals surface area contributed by atoms with E-state index in [0.29, 0.717) is 16.1 Å². The summed E-state index contributed by atoms with van der Waals surface area (Å²) in [6.45, 7) is 9.95. The van der Waals surface area contributed by atoms with Gasteiger partial charge in [-0.3, -0.25) is 9.59 Å². The topological polar surface area (TPSA) is 66.4 Å². The molecule has 0 saturated carbocycles. The van der Waals surface area contributed by atoms with E-state index in [9.17, 15) is 27.9 Å². The van der Waals surface area contributed by atoms with Crippen LogP contribution in [0.5, 0.6) is 0 Å². The summed E-state index contributed by atoms with van der Waals surface area (Å²) in [5, 5.41) is 12.8. The first-order chi connectivity index (χ1) is 16.0. The summed E-state index contributed by atoms with van der Waals surface area (Å²) in [4.78, 5) is 25.1. The Kier molecular flexibility index (Phi) is 8.93. The number of alkyl halides is 3. The second-order valence-electron chi connectivity index (χ2n) is 9.96. The predicted octanol–water partition coefficient (Wildman–Crippen LogP) is 8.07. The van der Waals surface area contributed by atoms with E-state index in [1.54, 1.807) is 19.9 Å². The number of carbonyl (C=O) groups is 2. The van der Waals surface area contributed by atoms with Gasteiger partial charge in [0, 0.05) is 10.9 Å². The number of nitrogens with one attached hydrogen (secondary N) is 1. The predicted molar refractivity (Wildman–Crippen MR) is 133 cm³/mol. The quantitative estimate of drug-likeness (QED) is 0.379. The molecule has 0 aliphatic rings. The van der Waals surface area contributed by atoms with Crippen molar-refractivity contribution in [3.8, 4) is 0 Å². The second kappa shape index (κ2) is 10.8. The van der Waals surface area contributed by atoms with Crippen LogP contribution in [0.25, 0.3) is 0 Å². The van der Waals surface area contributed by atoms with E-state index >= 15 is 0 Å². The highest BCUT2D eigenvalue weighted by molar-refractivity contribution is 6.34. The molecule has 4 nitrogen and oxygen atoms in total. The van der Waals surface area contributed by atoms with Crippen LogP contribution in [0.1, 0.15) is 63.1 Å². The van der Waals surface area contributed by atoms with Gasteiger partial charge in [-0.2, -0.15) is 13.2 Å². The van der Waals surface area contributed by atoms with Crippen molar-refractivity contribution in [1.82, 2.24) is 0 Å². The molecule has 0 aliphatic carbocycles. The number of anilines is 1. The summed E-state index contributed by atoms with van der Waals surface area (Å²) in [5.74, 6) is -6.60. The summed E-state index contributed by atoms with van der Waals surface area (Å²) in [5.41, 5.74) is 1.02. The Morgan fingerprint density at radius 1 is 0.971 bits per heavy atom. The van der Waals surface area contributed by atoms with Gasteiger partial charge in [0.05, 0.1) is 28.5 Å². The van der Waals surface area contributed by atoms with Gasteiger partial charge in [0.1, 0.15) is 0 Å². The van der Waals surface area contributed by atoms with Crippen molar-refractivity contribution in [2.45, 2.75) is 59.6 Å². The fourth-order valence-corrected chi connectivity index (χ4v) is 4.92. The van der Waals surface area contributed by atoms with Crippen LogP contribution in [0.15, 0.2) is 36.4 Å². The lowest BCUT2D eigenvalue weighted by molar-refractivity contribution is -0.178. The molecule has 1 unspecified atom stereocenters. The van der Waals surface area contributed by atoms with Crippen molar-refractivity contribution in [3.05, 3.63) is 63.1 Å². The summed E-state index contributed by atoms with van der Waals surface area (Å²) >= 11 is 12.3. The number of hydrogen-bond donors (Lipinski definition) is 2. The van der Waals surface area contributed by atoms with Crippen molar-refractivity contribution < 1.29 is 27.9 Å². The standard InChI is InChI=1S/C26H30Cl2F3NO3/c1-13-18(21(25(4,5)6)14(2)24(34)35)11-12-19(28)22(13)32-23(33)20(15(3)26(29,30)31)16-7-9-17(27)10-8-16/h7-12,14-15,20-21H,1-6H3,(H,32,33)(H,34,35)/t14-,15+,20-,21?/m0/s1. The summed E-state index contributed by atoms with van der Waals surface area (Å²) in [7, 11) is 0. The molecule has 0 heterocycles. The van der Waals surface area contributed by atoms with Gasteiger partial charge < -0.3 is 10.4 Å². The lowest BCUT2D eigenvalue weighted by Gasteiger charge is -2.36. The highest BCUT2D eigenvalue weighted by atomic mass is 35.5. The van der Waals surface area contributed by atoms with Crippen molar-refractivity contribution in [3.63, 3.8) is 0 Å². The lowest BCUT2D eigenvalue weighted by atomic mass is 9.69. The Labute approximate surface area is 213 Å². The van der Waals surface area contributed by atoms with Crippen molar-refractivity contribution >= 4 is 40.8 Å². The first kappa shape index (κ1) is 29.0. The molecule has 0 fully saturated rings. The molecule has 0 bridgehead atoms. The number of carboxylic acid groups (broad SMARTS) is 1. The minimum Gasteiger partial charge on any atom is -0.481 e. The zero-order chi connectivity index (χ0) is 26.9. The van der Waals surface area contributed by atoms with E-state index in [-0.39, 0.29) is 16.3 Å². The van der Waals surface area contributed by atoms with Gasteiger partial charge in [0.2, 0.25) is 5.91 Å². The maximum atomic E-state index is 13.7. The molecule has 9 heteroatoms. The zero-order valence-corrected chi connectivity index (χ0v) is 21.9. The van der Waals surface area contributed by atoms with E-state index in [0.717, 1.165) is 6.92 Å². The molecule has 0 saturated heterocycles. The molecule has 2 rings (SSSR count). The van der Waals surface area contributed by atoms with Crippen LogP contribution in [0.4, 0.5) is 18.9 Å². The van der Waals surface area contributed by atoms with Gasteiger partial charge in [-0.15, -0.1) is 0 Å². The highest BCUT2D eigenvalue weighted by Gasteiger charge is 2.45. The molecule has 0 spiro atoms. The smallest absolute Gasteiger partial charge is 0.392 e. The lowest BCUT2D eigenvalue weighted by Crippen LogP contribution is -2.35. The van der Waals surface area contributed by atoms with E-state index in [2.05, 4.69) is 5.32 Å². The Bertz CT molecular complexity index is 1080. The third-order valence-electron chi connectivity index (χ3n) is 6.39. The molecule has 1 amide bonds. The van der Waals surface area contributed by atoms with E-state index in [1.165, 1.54) is 30.3 Å². The van der Waals surface area contributed by atoms with Gasteiger partial charge in [-0.25, -0.2) is 0 Å². The normalized spacial score (nSPS) is 15.7. The van der Waals surface area contributed by atoms with Crippen LogP contribution in [0.3, 0.4) is 0 Å². The highest BCUT2D eigenvalue weighted by Crippen LogP contribution is 2.45. The first-order valence-electron chi connectivity index (χ1n) is 11.1. The third kappa shape index (κ3) is 6.70. The molecular formula is C26H30Cl2F3NO3. The fourth-order valence-electron chi connectivity index (χ4n) is 4.54. The van der Waals surface area contributed by atoms with Crippen LogP contribution in [0.2, 0.25) is 10.0 Å². The van der Waals surface area contributed by atoms with Crippen LogP contribution >= 0.6 is 23.2 Å². The molecule has 4 atom stereocenters.